The fourth-order valence-corrected chi connectivity index (χ4v) is 3.75. The number of hydrogen-bond donors (Lipinski definition) is 1. The maximum Gasteiger partial charge on any atom is 0.221 e. The van der Waals surface area contributed by atoms with E-state index in [1.165, 1.54) is 11.8 Å². The molecule has 0 bridgehead atoms. The van der Waals surface area contributed by atoms with E-state index in [1.54, 1.807) is 10.7 Å². The highest BCUT2D eigenvalue weighted by atomic mass is 16.5. The number of nitrogens with one attached hydrogen (secondary N) is 1. The standard InChI is InChI=1S/C23H26N4O3/c28-22-15-25-27(21-9-5-4-8-20(21)22)11-10-23(29)24-14-19-17-26(12-13-30-19)16-18-6-2-1-3-7-18/h1-9,15,19H,10-14,16-17H2,(H,24,29). The molecule has 1 amide bonds. The van der Waals surface area contributed by atoms with Crippen molar-refractivity contribution in [1.82, 2.24) is 20.0 Å². The molecule has 2 aromatic carbocycles. The summed E-state index contributed by atoms with van der Waals surface area (Å²) in [4.78, 5) is 26.6. The van der Waals surface area contributed by atoms with Crippen molar-refractivity contribution in [2.45, 2.75) is 25.6 Å². The molecule has 7 heteroatoms. The number of morpholine rings is 1. The van der Waals surface area contributed by atoms with Crippen molar-refractivity contribution in [2.24, 2.45) is 0 Å². The van der Waals surface area contributed by atoms with Gasteiger partial charge in [0, 0.05) is 38.0 Å². The molecule has 156 valence electrons. The van der Waals surface area contributed by atoms with Crippen LogP contribution in [0.15, 0.2) is 65.6 Å². The number of nitrogens with zero attached hydrogens (tertiary/aromatic N) is 3. The van der Waals surface area contributed by atoms with Gasteiger partial charge in [0.25, 0.3) is 0 Å². The topological polar surface area (TPSA) is 76.5 Å². The number of benzene rings is 2. The van der Waals surface area contributed by atoms with Gasteiger partial charge in [-0.3, -0.25) is 19.2 Å². The number of ether oxygens (including phenoxy) is 1. The highest BCUT2D eigenvalue weighted by Gasteiger charge is 2.21. The van der Waals surface area contributed by atoms with E-state index in [0.717, 1.165) is 25.2 Å². The molecule has 1 saturated heterocycles. The minimum Gasteiger partial charge on any atom is -0.374 e. The van der Waals surface area contributed by atoms with Crippen LogP contribution in [0.3, 0.4) is 0 Å². The number of carbonyl (C=O) groups is 1. The fourth-order valence-electron chi connectivity index (χ4n) is 3.75. The van der Waals surface area contributed by atoms with Gasteiger partial charge >= 0.3 is 0 Å². The van der Waals surface area contributed by atoms with E-state index in [-0.39, 0.29) is 17.4 Å². The predicted octanol–water partition coefficient (Wildman–Crippen LogP) is 1.80. The quantitative estimate of drug-likeness (QED) is 0.648. The first kappa shape index (κ1) is 20.3. The number of aromatic nitrogens is 2. The minimum atomic E-state index is -0.110. The summed E-state index contributed by atoms with van der Waals surface area (Å²) in [6.07, 6.45) is 1.58. The Morgan fingerprint density at radius 1 is 1.13 bits per heavy atom. The number of para-hydroxylation sites is 1. The number of rotatable bonds is 7. The Kier molecular flexibility index (Phi) is 6.51. The number of aryl methyl sites for hydroxylation is 1. The first-order valence-corrected chi connectivity index (χ1v) is 10.3. The van der Waals surface area contributed by atoms with Gasteiger partial charge in [-0.25, -0.2) is 0 Å². The van der Waals surface area contributed by atoms with E-state index >= 15 is 0 Å². The Labute approximate surface area is 175 Å². The van der Waals surface area contributed by atoms with Crippen LogP contribution in [0.4, 0.5) is 0 Å². The molecule has 1 fully saturated rings. The Morgan fingerprint density at radius 2 is 1.93 bits per heavy atom. The number of hydrogen-bond acceptors (Lipinski definition) is 5. The lowest BCUT2D eigenvalue weighted by Crippen LogP contribution is -2.47. The molecule has 1 aliphatic heterocycles. The summed E-state index contributed by atoms with van der Waals surface area (Å²) in [5.41, 5.74) is 1.91. The molecule has 1 N–H and O–H groups in total. The fraction of sp³-hybridized carbons (Fsp3) is 0.348. The summed E-state index contributed by atoms with van der Waals surface area (Å²) < 4.78 is 7.52. The van der Waals surface area contributed by atoms with Crippen LogP contribution in [-0.2, 0) is 22.6 Å². The third-order valence-corrected chi connectivity index (χ3v) is 5.31. The molecule has 2 heterocycles. The maximum absolute atomic E-state index is 12.4. The number of carbonyl (C=O) groups excluding carboxylic acids is 1. The van der Waals surface area contributed by atoms with Gasteiger partial charge in [0.15, 0.2) is 0 Å². The van der Waals surface area contributed by atoms with Gasteiger partial charge in [0.1, 0.15) is 0 Å². The lowest BCUT2D eigenvalue weighted by Gasteiger charge is -2.33. The molecule has 0 saturated carbocycles. The van der Waals surface area contributed by atoms with Crippen LogP contribution in [0, 0.1) is 0 Å². The second-order valence-corrected chi connectivity index (χ2v) is 7.52. The lowest BCUT2D eigenvalue weighted by molar-refractivity contribution is -0.122. The summed E-state index contributed by atoms with van der Waals surface area (Å²) in [5, 5.41) is 7.76. The van der Waals surface area contributed by atoms with Crippen molar-refractivity contribution in [2.75, 3.05) is 26.2 Å². The van der Waals surface area contributed by atoms with Crippen LogP contribution in [0.1, 0.15) is 12.0 Å². The molecular formula is C23H26N4O3. The SMILES string of the molecule is O=C(CCn1ncc(=O)c2ccccc21)NCC1CN(Cc2ccccc2)CCO1. The third-order valence-electron chi connectivity index (χ3n) is 5.31. The normalized spacial score (nSPS) is 17.1. The van der Waals surface area contributed by atoms with E-state index in [1.807, 2.05) is 36.4 Å². The van der Waals surface area contributed by atoms with Crippen LogP contribution < -0.4 is 10.7 Å². The Bertz CT molecular complexity index is 1050. The van der Waals surface area contributed by atoms with Crippen LogP contribution >= 0.6 is 0 Å². The average molecular weight is 406 g/mol. The van der Waals surface area contributed by atoms with Crippen molar-refractivity contribution in [3.63, 3.8) is 0 Å². The second kappa shape index (κ2) is 9.65. The van der Waals surface area contributed by atoms with E-state index < -0.39 is 0 Å². The van der Waals surface area contributed by atoms with Gasteiger partial charge in [-0.05, 0) is 17.7 Å². The van der Waals surface area contributed by atoms with E-state index in [0.29, 0.717) is 31.5 Å². The summed E-state index contributed by atoms with van der Waals surface area (Å²) in [5.74, 6) is -0.0524. The molecule has 4 rings (SSSR count). The number of amides is 1. The predicted molar refractivity (Wildman–Crippen MR) is 115 cm³/mol. The molecule has 0 aliphatic carbocycles. The smallest absolute Gasteiger partial charge is 0.221 e. The molecule has 1 aromatic heterocycles. The molecule has 0 radical (unpaired) electrons. The zero-order valence-corrected chi connectivity index (χ0v) is 16.9. The summed E-state index contributed by atoms with van der Waals surface area (Å²) in [6, 6.07) is 17.7. The monoisotopic (exact) mass is 406 g/mol. The summed E-state index contributed by atoms with van der Waals surface area (Å²) in [6.45, 7) is 4.15. The molecule has 7 nitrogen and oxygen atoms in total. The van der Waals surface area contributed by atoms with E-state index in [4.69, 9.17) is 4.74 Å². The van der Waals surface area contributed by atoms with Crippen molar-refractivity contribution in [1.29, 1.82) is 0 Å². The van der Waals surface area contributed by atoms with Gasteiger partial charge in [0.2, 0.25) is 11.3 Å². The van der Waals surface area contributed by atoms with E-state index in [2.05, 4.69) is 27.4 Å². The summed E-state index contributed by atoms with van der Waals surface area (Å²) in [7, 11) is 0. The molecule has 0 spiro atoms. The average Bonchev–Trinajstić information content (AvgIpc) is 2.78. The molecular weight excluding hydrogens is 380 g/mol. The van der Waals surface area contributed by atoms with Gasteiger partial charge < -0.3 is 10.1 Å². The van der Waals surface area contributed by atoms with Gasteiger partial charge in [-0.1, -0.05) is 42.5 Å². The first-order valence-electron chi connectivity index (χ1n) is 10.3. The molecule has 3 aromatic rings. The Morgan fingerprint density at radius 3 is 2.80 bits per heavy atom. The van der Waals surface area contributed by atoms with Gasteiger partial charge in [-0.2, -0.15) is 5.10 Å². The highest BCUT2D eigenvalue weighted by molar-refractivity contribution is 5.79. The minimum absolute atomic E-state index is 0.0160. The summed E-state index contributed by atoms with van der Waals surface area (Å²) >= 11 is 0. The highest BCUT2D eigenvalue weighted by Crippen LogP contribution is 2.11. The van der Waals surface area contributed by atoms with Gasteiger partial charge in [0.05, 0.1) is 31.0 Å². The molecule has 1 atom stereocenters. The largest absolute Gasteiger partial charge is 0.374 e. The van der Waals surface area contributed by atoms with Crippen LogP contribution in [0.25, 0.3) is 10.9 Å². The lowest BCUT2D eigenvalue weighted by atomic mass is 10.2. The third kappa shape index (κ3) is 5.11. The molecule has 30 heavy (non-hydrogen) atoms. The zero-order chi connectivity index (χ0) is 20.8. The zero-order valence-electron chi connectivity index (χ0n) is 16.9. The Hall–Kier alpha value is -3.03. The van der Waals surface area contributed by atoms with Crippen LogP contribution in [0.5, 0.6) is 0 Å². The van der Waals surface area contributed by atoms with Crippen LogP contribution in [0.2, 0.25) is 0 Å². The van der Waals surface area contributed by atoms with Crippen molar-refractivity contribution in [3.05, 3.63) is 76.6 Å². The van der Waals surface area contributed by atoms with E-state index in [9.17, 15) is 9.59 Å². The van der Waals surface area contributed by atoms with Crippen molar-refractivity contribution < 1.29 is 9.53 Å². The Balaban J connectivity index is 1.26. The first-order chi connectivity index (χ1) is 14.7. The van der Waals surface area contributed by atoms with Crippen molar-refractivity contribution in [3.8, 4) is 0 Å². The van der Waals surface area contributed by atoms with Gasteiger partial charge in [-0.15, -0.1) is 0 Å². The number of fused-ring (bicyclic) bond motifs is 1. The molecule has 1 aliphatic rings. The van der Waals surface area contributed by atoms with Crippen molar-refractivity contribution >= 4 is 16.8 Å². The maximum atomic E-state index is 12.4. The second-order valence-electron chi connectivity index (χ2n) is 7.52. The molecule has 1 unspecified atom stereocenters. The van der Waals surface area contributed by atoms with Crippen LogP contribution in [-0.4, -0.2) is 52.9 Å².